The smallest absolute Gasteiger partial charge is 0.269 e. The monoisotopic (exact) mass is 340 g/mol. The molecule has 3 aromatic rings. The number of rotatable bonds is 4. The highest BCUT2D eigenvalue weighted by Crippen LogP contribution is 2.21. The summed E-state index contributed by atoms with van der Waals surface area (Å²) in [7, 11) is 1.79. The summed E-state index contributed by atoms with van der Waals surface area (Å²) >= 11 is 0. The number of para-hydroxylation sites is 1. The molecule has 0 saturated carbocycles. The Kier molecular flexibility index (Phi) is 4.32. The van der Waals surface area contributed by atoms with Crippen molar-refractivity contribution in [3.8, 4) is 0 Å². The van der Waals surface area contributed by atoms with Crippen molar-refractivity contribution in [2.24, 2.45) is 7.05 Å². The van der Waals surface area contributed by atoms with E-state index in [2.05, 4.69) is 41.5 Å². The zero-order chi connectivity index (χ0) is 18.2. The van der Waals surface area contributed by atoms with Crippen molar-refractivity contribution >= 4 is 16.9 Å². The highest BCUT2D eigenvalue weighted by atomic mass is 16.2. The van der Waals surface area contributed by atoms with Crippen LogP contribution in [0.1, 0.15) is 43.9 Å². The molecule has 0 spiro atoms. The Bertz CT molecular complexity index is 902. The maximum atomic E-state index is 12.6. The van der Waals surface area contributed by atoms with Crippen LogP contribution in [0.25, 0.3) is 11.0 Å². The first-order valence-electron chi connectivity index (χ1n) is 8.39. The molecule has 0 saturated heterocycles. The van der Waals surface area contributed by atoms with E-state index in [1.165, 1.54) is 0 Å². The van der Waals surface area contributed by atoms with Crippen molar-refractivity contribution < 1.29 is 4.79 Å². The van der Waals surface area contributed by atoms with E-state index in [-0.39, 0.29) is 17.4 Å². The van der Waals surface area contributed by atoms with Crippen LogP contribution in [0.4, 0.5) is 0 Å². The van der Waals surface area contributed by atoms with Gasteiger partial charge in [0.1, 0.15) is 11.2 Å². The normalized spacial score (nSPS) is 13.2. The maximum absolute atomic E-state index is 12.6. The van der Waals surface area contributed by atoms with Crippen molar-refractivity contribution in [1.82, 2.24) is 30.1 Å². The van der Waals surface area contributed by atoms with E-state index in [1.54, 1.807) is 11.7 Å². The van der Waals surface area contributed by atoms with Crippen LogP contribution in [-0.2, 0) is 19.0 Å². The molecule has 7 heteroatoms. The number of carbonyl (C=O) groups excluding carboxylic acids is 1. The molecule has 0 unspecified atom stereocenters. The third-order valence-corrected chi connectivity index (χ3v) is 4.13. The van der Waals surface area contributed by atoms with Gasteiger partial charge < -0.3 is 5.32 Å². The van der Waals surface area contributed by atoms with Gasteiger partial charge in [-0.1, -0.05) is 38.1 Å². The molecule has 0 bridgehead atoms. The molecule has 0 aliphatic heterocycles. The molecule has 1 N–H and O–H groups in total. The van der Waals surface area contributed by atoms with Crippen molar-refractivity contribution in [3.05, 3.63) is 41.7 Å². The third kappa shape index (κ3) is 3.55. The molecule has 3 rings (SSSR count). The second-order valence-corrected chi connectivity index (χ2v) is 7.42. The van der Waals surface area contributed by atoms with Crippen LogP contribution in [0.15, 0.2) is 30.3 Å². The molecule has 132 valence electrons. The van der Waals surface area contributed by atoms with Gasteiger partial charge in [-0.15, -0.1) is 5.10 Å². The molecule has 25 heavy (non-hydrogen) atoms. The Hall–Kier alpha value is -2.70. The molecule has 2 heterocycles. The Balaban J connectivity index is 1.72. The first kappa shape index (κ1) is 17.1. The van der Waals surface area contributed by atoms with Gasteiger partial charge in [0.2, 0.25) is 0 Å². The Morgan fingerprint density at radius 1 is 1.28 bits per heavy atom. The van der Waals surface area contributed by atoms with Gasteiger partial charge in [0.25, 0.3) is 5.91 Å². The van der Waals surface area contributed by atoms with Gasteiger partial charge in [0.15, 0.2) is 0 Å². The van der Waals surface area contributed by atoms with Crippen molar-refractivity contribution in [2.45, 2.75) is 45.7 Å². The molecule has 1 aromatic carbocycles. The Labute approximate surface area is 147 Å². The summed E-state index contributed by atoms with van der Waals surface area (Å²) < 4.78 is 3.44. The van der Waals surface area contributed by atoms with Crippen LogP contribution in [0, 0.1) is 0 Å². The number of nitrogens with one attached hydrogen (secondary N) is 1. The molecule has 0 radical (unpaired) electrons. The quantitative estimate of drug-likeness (QED) is 0.790. The molecule has 2 aromatic heterocycles. The minimum absolute atomic E-state index is 0.0920. The van der Waals surface area contributed by atoms with Gasteiger partial charge in [-0.3, -0.25) is 9.48 Å². The summed E-state index contributed by atoms with van der Waals surface area (Å²) in [4.78, 5) is 12.6. The van der Waals surface area contributed by atoms with Crippen LogP contribution >= 0.6 is 0 Å². The molecule has 1 amide bonds. The summed E-state index contributed by atoms with van der Waals surface area (Å²) in [6.07, 6.45) is 0. The minimum atomic E-state index is -0.137. The van der Waals surface area contributed by atoms with Crippen molar-refractivity contribution in [1.29, 1.82) is 0 Å². The maximum Gasteiger partial charge on any atom is 0.269 e. The fourth-order valence-electron chi connectivity index (χ4n) is 2.70. The van der Waals surface area contributed by atoms with Gasteiger partial charge in [0.05, 0.1) is 17.8 Å². The SMILES string of the molecule is C[C@H](Cn1nnc2ccccc21)NC(=O)c1cc(C(C)(C)C)nn1C. The van der Waals surface area contributed by atoms with Gasteiger partial charge >= 0.3 is 0 Å². The second-order valence-electron chi connectivity index (χ2n) is 7.42. The van der Waals surface area contributed by atoms with Crippen LogP contribution in [0.3, 0.4) is 0 Å². The topological polar surface area (TPSA) is 77.6 Å². The Morgan fingerprint density at radius 3 is 2.68 bits per heavy atom. The summed E-state index contributed by atoms with van der Waals surface area (Å²) in [5.41, 5.74) is 3.17. The summed E-state index contributed by atoms with van der Waals surface area (Å²) in [6, 6.07) is 9.54. The molecule has 1 atom stereocenters. The highest BCUT2D eigenvalue weighted by Gasteiger charge is 2.22. The fraction of sp³-hybridized carbons (Fsp3) is 0.444. The lowest BCUT2D eigenvalue weighted by Gasteiger charge is -2.14. The lowest BCUT2D eigenvalue weighted by molar-refractivity contribution is 0.0926. The van der Waals surface area contributed by atoms with Crippen LogP contribution in [0.2, 0.25) is 0 Å². The number of amides is 1. The number of hydrogen-bond donors (Lipinski definition) is 1. The van der Waals surface area contributed by atoms with E-state index in [0.717, 1.165) is 16.7 Å². The van der Waals surface area contributed by atoms with Crippen molar-refractivity contribution in [2.75, 3.05) is 0 Å². The molecule has 7 nitrogen and oxygen atoms in total. The van der Waals surface area contributed by atoms with Crippen LogP contribution in [0.5, 0.6) is 0 Å². The number of fused-ring (bicyclic) bond motifs is 1. The number of nitrogens with zero attached hydrogens (tertiary/aromatic N) is 5. The molecule has 0 aliphatic rings. The van der Waals surface area contributed by atoms with Gasteiger partial charge in [-0.25, -0.2) is 4.68 Å². The summed E-state index contributed by atoms with van der Waals surface area (Å²) in [6.45, 7) is 8.74. The van der Waals surface area contributed by atoms with E-state index < -0.39 is 0 Å². The van der Waals surface area contributed by atoms with Gasteiger partial charge in [-0.05, 0) is 25.1 Å². The highest BCUT2D eigenvalue weighted by molar-refractivity contribution is 5.92. The number of benzene rings is 1. The standard InChI is InChI=1S/C18H24N6O/c1-12(11-24-14-9-7-6-8-13(14)20-22-24)19-17(25)15-10-16(18(2,3)4)21-23(15)5/h6-10,12H,11H2,1-5H3,(H,19,25)/t12-/m1/s1. The summed E-state index contributed by atoms with van der Waals surface area (Å²) in [5, 5.41) is 15.8. The number of carbonyl (C=O) groups is 1. The zero-order valence-electron chi connectivity index (χ0n) is 15.3. The average molecular weight is 340 g/mol. The lowest BCUT2D eigenvalue weighted by atomic mass is 9.92. The first-order chi connectivity index (χ1) is 11.8. The predicted molar refractivity (Wildman–Crippen MR) is 96.4 cm³/mol. The Morgan fingerprint density at radius 2 is 2.00 bits per heavy atom. The van der Waals surface area contributed by atoms with Crippen LogP contribution in [-0.4, -0.2) is 36.7 Å². The average Bonchev–Trinajstić information content (AvgIpc) is 3.11. The van der Waals surface area contributed by atoms with E-state index in [4.69, 9.17) is 0 Å². The van der Waals surface area contributed by atoms with Crippen LogP contribution < -0.4 is 5.32 Å². The largest absolute Gasteiger partial charge is 0.346 e. The van der Waals surface area contributed by atoms with E-state index in [9.17, 15) is 4.79 Å². The number of hydrogen-bond acceptors (Lipinski definition) is 4. The molecular formula is C18H24N6O. The minimum Gasteiger partial charge on any atom is -0.346 e. The molecule has 0 fully saturated rings. The van der Waals surface area contributed by atoms with E-state index in [0.29, 0.717) is 12.2 Å². The number of aromatic nitrogens is 5. The van der Waals surface area contributed by atoms with Crippen molar-refractivity contribution in [3.63, 3.8) is 0 Å². The first-order valence-corrected chi connectivity index (χ1v) is 8.39. The second kappa shape index (κ2) is 6.31. The lowest BCUT2D eigenvalue weighted by Crippen LogP contribution is -2.36. The zero-order valence-corrected chi connectivity index (χ0v) is 15.3. The number of aryl methyl sites for hydroxylation is 1. The molecular weight excluding hydrogens is 316 g/mol. The van der Waals surface area contributed by atoms with Gasteiger partial charge in [-0.2, -0.15) is 5.10 Å². The van der Waals surface area contributed by atoms with Gasteiger partial charge in [0, 0.05) is 18.5 Å². The fourth-order valence-corrected chi connectivity index (χ4v) is 2.70. The van der Waals surface area contributed by atoms with E-state index in [1.807, 2.05) is 41.9 Å². The third-order valence-electron chi connectivity index (χ3n) is 4.13. The summed E-state index contributed by atoms with van der Waals surface area (Å²) in [5.74, 6) is -0.137. The predicted octanol–water partition coefficient (Wildman–Crippen LogP) is 2.28. The van der Waals surface area contributed by atoms with E-state index >= 15 is 0 Å². The molecule has 0 aliphatic carbocycles.